The first-order chi connectivity index (χ1) is 14.5. The summed E-state index contributed by atoms with van der Waals surface area (Å²) in [7, 11) is 3.83. The average Bonchev–Trinajstić information content (AvgIpc) is 2.68. The van der Waals surface area contributed by atoms with E-state index in [0.717, 1.165) is 70.7 Å². The highest BCUT2D eigenvalue weighted by Crippen LogP contribution is 2.12. The van der Waals surface area contributed by atoms with E-state index in [1.54, 1.807) is 0 Å². The van der Waals surface area contributed by atoms with E-state index in [-0.39, 0.29) is 30.3 Å². The van der Waals surface area contributed by atoms with E-state index >= 15 is 0 Å². The maximum atomic E-state index is 12.6. The van der Waals surface area contributed by atoms with Gasteiger partial charge in [-0.3, -0.25) is 9.59 Å². The second-order valence-electron chi connectivity index (χ2n) is 8.43. The lowest BCUT2D eigenvalue weighted by molar-refractivity contribution is -0.124. The third-order valence-electron chi connectivity index (χ3n) is 5.34. The molecule has 0 radical (unpaired) electrons. The Labute approximate surface area is 183 Å². The van der Waals surface area contributed by atoms with Crippen molar-refractivity contribution < 1.29 is 14.4 Å². The second-order valence-corrected chi connectivity index (χ2v) is 8.43. The zero-order chi connectivity index (χ0) is 22.6. The molecule has 176 valence electrons. The largest absolute Gasteiger partial charge is 0.353 e. The number of hydrogen-bond donors (Lipinski definition) is 4. The van der Waals surface area contributed by atoms with E-state index in [9.17, 15) is 14.4 Å². The molecule has 0 bridgehead atoms. The lowest BCUT2D eigenvalue weighted by Crippen LogP contribution is -2.42. The van der Waals surface area contributed by atoms with Crippen molar-refractivity contribution in [3.63, 3.8) is 0 Å². The third-order valence-corrected chi connectivity index (χ3v) is 5.34. The molecule has 2 amide bonds. The lowest BCUT2D eigenvalue weighted by Gasteiger charge is -2.22. The summed E-state index contributed by atoms with van der Waals surface area (Å²) in [5.74, 6) is 0.248. The van der Waals surface area contributed by atoms with E-state index in [2.05, 4.69) is 35.1 Å². The van der Waals surface area contributed by atoms with Crippen LogP contribution in [-0.4, -0.2) is 57.4 Å². The van der Waals surface area contributed by atoms with Crippen LogP contribution in [-0.2, 0) is 14.4 Å². The summed E-state index contributed by atoms with van der Waals surface area (Å²) < 4.78 is 0. The first kappa shape index (κ1) is 28.5. The molecule has 7 nitrogen and oxygen atoms in total. The predicted molar refractivity (Wildman–Crippen MR) is 123 cm³/mol. The monoisotopic (exact) mass is 426 g/mol. The molecule has 0 spiro atoms. The summed E-state index contributed by atoms with van der Waals surface area (Å²) in [6.07, 6.45) is 9.68. The smallest absolute Gasteiger partial charge is 0.222 e. The molecule has 4 N–H and O–H groups in total. The van der Waals surface area contributed by atoms with Gasteiger partial charge in [0.1, 0.15) is 6.29 Å². The maximum absolute atomic E-state index is 12.6. The van der Waals surface area contributed by atoms with Crippen molar-refractivity contribution >= 4 is 18.1 Å². The van der Waals surface area contributed by atoms with Gasteiger partial charge in [-0.25, -0.2) is 0 Å². The average molecular weight is 427 g/mol. The first-order valence-electron chi connectivity index (χ1n) is 11.8. The number of carbonyl (C=O) groups excluding carboxylic acids is 3. The van der Waals surface area contributed by atoms with E-state index in [1.165, 1.54) is 0 Å². The SMILES string of the molecule is CCCCCC(CC=O)NC(=O)CC(CCCNC)NC(=O)CC(C)CCCNC. The van der Waals surface area contributed by atoms with Gasteiger partial charge in [0.25, 0.3) is 0 Å². The number of rotatable bonds is 20. The van der Waals surface area contributed by atoms with Gasteiger partial charge in [0.2, 0.25) is 11.8 Å². The molecule has 0 aliphatic carbocycles. The Morgan fingerprint density at radius 3 is 1.97 bits per heavy atom. The van der Waals surface area contributed by atoms with Crippen LogP contribution in [0.15, 0.2) is 0 Å². The molecule has 0 aromatic heterocycles. The van der Waals surface area contributed by atoms with Crippen LogP contribution in [0.5, 0.6) is 0 Å². The summed E-state index contributed by atoms with van der Waals surface area (Å²) in [6, 6.07) is -0.287. The predicted octanol–water partition coefficient (Wildman–Crippen LogP) is 2.54. The summed E-state index contributed by atoms with van der Waals surface area (Å²) in [6.45, 7) is 6.03. The topological polar surface area (TPSA) is 99.3 Å². The number of aldehydes is 1. The minimum absolute atomic E-state index is 0.0154. The number of unbranched alkanes of at least 4 members (excludes halogenated alkanes) is 2. The van der Waals surface area contributed by atoms with Gasteiger partial charge in [0.15, 0.2) is 0 Å². The Bertz CT molecular complexity index is 460. The van der Waals surface area contributed by atoms with Crippen molar-refractivity contribution in [3.05, 3.63) is 0 Å². The molecule has 0 aliphatic heterocycles. The summed E-state index contributed by atoms with van der Waals surface area (Å²) >= 11 is 0. The molecule has 0 aromatic carbocycles. The highest BCUT2D eigenvalue weighted by atomic mass is 16.2. The second kappa shape index (κ2) is 19.5. The fourth-order valence-corrected chi connectivity index (χ4v) is 3.60. The molecular weight excluding hydrogens is 380 g/mol. The Morgan fingerprint density at radius 2 is 1.37 bits per heavy atom. The van der Waals surface area contributed by atoms with Gasteiger partial charge in [-0.15, -0.1) is 0 Å². The van der Waals surface area contributed by atoms with Crippen molar-refractivity contribution in [2.45, 2.75) is 96.6 Å². The Balaban J connectivity index is 4.63. The highest BCUT2D eigenvalue weighted by Gasteiger charge is 2.19. The van der Waals surface area contributed by atoms with Crippen molar-refractivity contribution in [2.24, 2.45) is 5.92 Å². The van der Waals surface area contributed by atoms with Crippen LogP contribution in [0, 0.1) is 5.92 Å². The number of carbonyl (C=O) groups is 3. The molecule has 0 saturated carbocycles. The van der Waals surface area contributed by atoms with Crippen LogP contribution in [0.3, 0.4) is 0 Å². The normalized spacial score (nSPS) is 14.0. The van der Waals surface area contributed by atoms with E-state index < -0.39 is 0 Å². The molecular formula is C23H46N4O3. The number of nitrogens with one attached hydrogen (secondary N) is 4. The van der Waals surface area contributed by atoms with Crippen LogP contribution in [0.4, 0.5) is 0 Å². The van der Waals surface area contributed by atoms with Crippen molar-refractivity contribution in [1.82, 2.24) is 21.3 Å². The van der Waals surface area contributed by atoms with E-state index in [1.807, 2.05) is 14.1 Å². The molecule has 0 fully saturated rings. The van der Waals surface area contributed by atoms with Crippen molar-refractivity contribution in [1.29, 1.82) is 0 Å². The zero-order valence-corrected chi connectivity index (χ0v) is 19.7. The van der Waals surface area contributed by atoms with Crippen molar-refractivity contribution in [3.8, 4) is 0 Å². The van der Waals surface area contributed by atoms with Crippen LogP contribution in [0.2, 0.25) is 0 Å². The van der Waals surface area contributed by atoms with Gasteiger partial charge in [-0.05, 0) is 65.2 Å². The maximum Gasteiger partial charge on any atom is 0.222 e. The number of amides is 2. The zero-order valence-electron chi connectivity index (χ0n) is 19.7. The van der Waals surface area contributed by atoms with E-state index in [0.29, 0.717) is 18.8 Å². The van der Waals surface area contributed by atoms with Gasteiger partial charge >= 0.3 is 0 Å². The minimum Gasteiger partial charge on any atom is -0.353 e. The summed E-state index contributed by atoms with van der Waals surface area (Å²) in [4.78, 5) is 36.0. The molecule has 0 aromatic rings. The molecule has 3 unspecified atom stereocenters. The number of hydrogen-bond acceptors (Lipinski definition) is 5. The third kappa shape index (κ3) is 16.3. The molecule has 7 heteroatoms. The van der Waals surface area contributed by atoms with Crippen LogP contribution < -0.4 is 21.3 Å². The molecule has 3 atom stereocenters. The van der Waals surface area contributed by atoms with Crippen LogP contribution in [0.25, 0.3) is 0 Å². The fourth-order valence-electron chi connectivity index (χ4n) is 3.60. The molecule has 0 saturated heterocycles. The molecule has 0 aliphatic rings. The molecule has 30 heavy (non-hydrogen) atoms. The highest BCUT2D eigenvalue weighted by molar-refractivity contribution is 5.80. The summed E-state index contributed by atoms with van der Waals surface area (Å²) in [5.41, 5.74) is 0. The lowest BCUT2D eigenvalue weighted by atomic mass is 10.00. The quantitative estimate of drug-likeness (QED) is 0.177. The van der Waals surface area contributed by atoms with Crippen molar-refractivity contribution in [2.75, 3.05) is 27.2 Å². The molecule has 0 heterocycles. The van der Waals surface area contributed by atoms with Gasteiger partial charge in [0, 0.05) is 31.3 Å². The fraction of sp³-hybridized carbons (Fsp3) is 0.870. The van der Waals surface area contributed by atoms with Crippen LogP contribution >= 0.6 is 0 Å². The molecule has 0 rings (SSSR count). The first-order valence-corrected chi connectivity index (χ1v) is 11.8. The minimum atomic E-state index is -0.178. The standard InChI is InChI=1S/C23H46N4O3/c1-5-6-7-11-20(13-16-28)26-23(30)18-21(12-9-15-25-4)27-22(29)17-19(2)10-8-14-24-3/h16,19-21,24-25H,5-15,17-18H2,1-4H3,(H,26,30)(H,27,29). The van der Waals surface area contributed by atoms with Crippen LogP contribution in [0.1, 0.15) is 84.5 Å². The Kier molecular flexibility index (Phi) is 18.5. The van der Waals surface area contributed by atoms with Gasteiger partial charge in [-0.1, -0.05) is 33.1 Å². The van der Waals surface area contributed by atoms with Gasteiger partial charge < -0.3 is 26.1 Å². The van der Waals surface area contributed by atoms with E-state index in [4.69, 9.17) is 0 Å². The van der Waals surface area contributed by atoms with Gasteiger partial charge in [0.05, 0.1) is 0 Å². The Morgan fingerprint density at radius 1 is 0.800 bits per heavy atom. The summed E-state index contributed by atoms with van der Waals surface area (Å²) in [5, 5.41) is 12.3. The Hall–Kier alpha value is -1.47. The van der Waals surface area contributed by atoms with Gasteiger partial charge in [-0.2, -0.15) is 0 Å².